The molecule has 1 fully saturated rings. The summed E-state index contributed by atoms with van der Waals surface area (Å²) in [6.07, 6.45) is 2.00. The van der Waals surface area contributed by atoms with Crippen molar-refractivity contribution >= 4 is 10.8 Å². The van der Waals surface area contributed by atoms with Gasteiger partial charge in [0, 0.05) is 18.0 Å². The Labute approximate surface area is 123 Å². The first-order chi connectivity index (χ1) is 10.1. The van der Waals surface area contributed by atoms with Crippen molar-refractivity contribution in [2.45, 2.75) is 24.7 Å². The first-order valence-electron chi connectivity index (χ1n) is 6.32. The molecule has 1 aromatic heterocycles. The third kappa shape index (κ3) is 2.72. The van der Waals surface area contributed by atoms with Crippen LogP contribution < -0.4 is 0 Å². The minimum atomic E-state index is -1.36. The Bertz CT molecular complexity index is 704. The van der Waals surface area contributed by atoms with Crippen LogP contribution in [0.4, 0.5) is 4.39 Å². The summed E-state index contributed by atoms with van der Waals surface area (Å²) in [6, 6.07) is 6.25. The molecule has 1 aliphatic heterocycles. The predicted octanol–water partition coefficient (Wildman–Crippen LogP) is 2.41. The number of benzene rings is 1. The Balaban J connectivity index is 2.12. The summed E-state index contributed by atoms with van der Waals surface area (Å²) < 4.78 is 36.4. The van der Waals surface area contributed by atoms with Crippen LogP contribution in [0.1, 0.15) is 18.8 Å². The van der Waals surface area contributed by atoms with Crippen LogP contribution in [0.15, 0.2) is 35.6 Å². The summed E-state index contributed by atoms with van der Waals surface area (Å²) in [7, 11) is -1.36. The normalized spacial score (nSPS) is 22.6. The van der Waals surface area contributed by atoms with Gasteiger partial charge in [-0.2, -0.15) is 0 Å². The van der Waals surface area contributed by atoms with E-state index in [4.69, 9.17) is 9.47 Å². The number of nitrogens with zero attached hydrogens (tertiary/aromatic N) is 2. The SMILES string of the molecule is CC1OC(c2cnc(S(C)=O)nc2-c2ccccc2F)O1. The van der Waals surface area contributed by atoms with Gasteiger partial charge in [0.15, 0.2) is 12.6 Å². The molecule has 0 N–H and O–H groups in total. The van der Waals surface area contributed by atoms with E-state index in [2.05, 4.69) is 9.97 Å². The van der Waals surface area contributed by atoms with Crippen LogP contribution in [0.25, 0.3) is 11.3 Å². The lowest BCUT2D eigenvalue weighted by molar-refractivity contribution is -0.382. The highest BCUT2D eigenvalue weighted by Gasteiger charge is 2.32. The molecule has 7 heteroatoms. The molecule has 3 rings (SSSR count). The molecule has 5 nitrogen and oxygen atoms in total. The van der Waals surface area contributed by atoms with Gasteiger partial charge in [0.05, 0.1) is 22.1 Å². The summed E-state index contributed by atoms with van der Waals surface area (Å²) in [5.41, 5.74) is 1.16. The minimum Gasteiger partial charge on any atom is -0.319 e. The standard InChI is InChI=1S/C14H13FN2O3S/c1-8-19-13(20-8)10-7-16-14(21(2)18)17-12(10)9-5-3-4-6-11(9)15/h3-8,13H,1-2H3. The Morgan fingerprint density at radius 2 is 2.00 bits per heavy atom. The largest absolute Gasteiger partial charge is 0.319 e. The van der Waals surface area contributed by atoms with Crippen LogP contribution in [-0.4, -0.2) is 26.7 Å². The number of halogens is 1. The molecule has 0 amide bonds. The molecule has 2 aromatic rings. The van der Waals surface area contributed by atoms with E-state index in [0.717, 1.165) is 0 Å². The van der Waals surface area contributed by atoms with Crippen molar-refractivity contribution in [1.29, 1.82) is 0 Å². The van der Waals surface area contributed by atoms with Crippen molar-refractivity contribution in [3.05, 3.63) is 41.8 Å². The number of hydrogen-bond acceptors (Lipinski definition) is 5. The van der Waals surface area contributed by atoms with E-state index < -0.39 is 22.9 Å². The molecule has 1 saturated heterocycles. The zero-order valence-corrected chi connectivity index (χ0v) is 12.3. The van der Waals surface area contributed by atoms with E-state index in [1.807, 2.05) is 0 Å². The first kappa shape index (κ1) is 14.2. The highest BCUT2D eigenvalue weighted by atomic mass is 32.2. The predicted molar refractivity (Wildman–Crippen MR) is 74.1 cm³/mol. The molecule has 0 saturated carbocycles. The third-order valence-corrected chi connectivity index (χ3v) is 3.78. The van der Waals surface area contributed by atoms with Gasteiger partial charge in [-0.1, -0.05) is 12.1 Å². The molecule has 1 aliphatic rings. The second kappa shape index (κ2) is 5.59. The Morgan fingerprint density at radius 3 is 2.62 bits per heavy atom. The fourth-order valence-corrected chi connectivity index (χ4v) is 2.48. The molecule has 0 radical (unpaired) electrons. The second-order valence-electron chi connectivity index (χ2n) is 4.56. The minimum absolute atomic E-state index is 0.143. The van der Waals surface area contributed by atoms with Gasteiger partial charge in [-0.25, -0.2) is 14.4 Å². The number of hydrogen-bond donors (Lipinski definition) is 0. The molecule has 21 heavy (non-hydrogen) atoms. The van der Waals surface area contributed by atoms with E-state index in [1.54, 1.807) is 25.1 Å². The van der Waals surface area contributed by atoms with Crippen molar-refractivity contribution in [3.63, 3.8) is 0 Å². The van der Waals surface area contributed by atoms with Crippen LogP contribution in [0.2, 0.25) is 0 Å². The van der Waals surface area contributed by atoms with E-state index in [0.29, 0.717) is 16.8 Å². The molecule has 110 valence electrons. The molecule has 1 atom stereocenters. The van der Waals surface area contributed by atoms with Crippen molar-refractivity contribution in [2.75, 3.05) is 6.26 Å². The summed E-state index contributed by atoms with van der Waals surface area (Å²) in [6.45, 7) is 1.76. The molecule has 0 spiro atoms. The molecular formula is C14H13FN2O3S. The van der Waals surface area contributed by atoms with Gasteiger partial charge in [0.25, 0.3) is 0 Å². The van der Waals surface area contributed by atoms with Gasteiger partial charge in [-0.3, -0.25) is 4.21 Å². The van der Waals surface area contributed by atoms with Crippen molar-refractivity contribution in [3.8, 4) is 11.3 Å². The number of rotatable bonds is 3. The second-order valence-corrected chi connectivity index (χ2v) is 5.84. The molecule has 0 bridgehead atoms. The summed E-state index contributed by atoms with van der Waals surface area (Å²) in [5.74, 6) is -0.419. The third-order valence-electron chi connectivity index (χ3n) is 3.07. The van der Waals surface area contributed by atoms with Gasteiger partial charge < -0.3 is 9.47 Å². The smallest absolute Gasteiger partial charge is 0.218 e. The van der Waals surface area contributed by atoms with Crippen molar-refractivity contribution in [2.24, 2.45) is 0 Å². The van der Waals surface area contributed by atoms with E-state index in [-0.39, 0.29) is 11.4 Å². The Hall–Kier alpha value is -1.70. The van der Waals surface area contributed by atoms with E-state index >= 15 is 0 Å². The lowest BCUT2D eigenvalue weighted by Gasteiger charge is -2.34. The van der Waals surface area contributed by atoms with Crippen LogP contribution in [0, 0.1) is 5.82 Å². The summed E-state index contributed by atoms with van der Waals surface area (Å²) >= 11 is 0. The van der Waals surface area contributed by atoms with Crippen LogP contribution in [0.3, 0.4) is 0 Å². The van der Waals surface area contributed by atoms with E-state index in [9.17, 15) is 8.60 Å². The molecule has 1 unspecified atom stereocenters. The lowest BCUT2D eigenvalue weighted by Crippen LogP contribution is -2.32. The fraction of sp³-hybridized carbons (Fsp3) is 0.286. The lowest BCUT2D eigenvalue weighted by atomic mass is 10.1. The zero-order valence-electron chi connectivity index (χ0n) is 11.4. The number of aromatic nitrogens is 2. The van der Waals surface area contributed by atoms with Gasteiger partial charge >= 0.3 is 0 Å². The van der Waals surface area contributed by atoms with Gasteiger partial charge in [0.2, 0.25) is 5.16 Å². The molecule has 0 aliphatic carbocycles. The molecular weight excluding hydrogens is 295 g/mol. The van der Waals surface area contributed by atoms with Gasteiger partial charge in [0.1, 0.15) is 5.82 Å². The summed E-state index contributed by atoms with van der Waals surface area (Å²) in [5, 5.41) is 0.143. The monoisotopic (exact) mass is 308 g/mol. The first-order valence-corrected chi connectivity index (χ1v) is 7.88. The maximum absolute atomic E-state index is 14.0. The van der Waals surface area contributed by atoms with Gasteiger partial charge in [-0.05, 0) is 19.1 Å². The maximum Gasteiger partial charge on any atom is 0.218 e. The van der Waals surface area contributed by atoms with Crippen LogP contribution >= 0.6 is 0 Å². The highest BCUT2D eigenvalue weighted by molar-refractivity contribution is 7.84. The molecule has 1 aromatic carbocycles. The zero-order chi connectivity index (χ0) is 15.0. The van der Waals surface area contributed by atoms with Crippen LogP contribution in [-0.2, 0) is 20.3 Å². The van der Waals surface area contributed by atoms with Crippen LogP contribution in [0.5, 0.6) is 0 Å². The average molecular weight is 308 g/mol. The molecule has 2 heterocycles. The van der Waals surface area contributed by atoms with E-state index in [1.165, 1.54) is 18.5 Å². The van der Waals surface area contributed by atoms with Crippen molar-refractivity contribution in [1.82, 2.24) is 9.97 Å². The van der Waals surface area contributed by atoms with Gasteiger partial charge in [-0.15, -0.1) is 0 Å². The topological polar surface area (TPSA) is 61.3 Å². The van der Waals surface area contributed by atoms with Crippen molar-refractivity contribution < 1.29 is 18.1 Å². The maximum atomic E-state index is 14.0. The Morgan fingerprint density at radius 1 is 1.29 bits per heavy atom. The fourth-order valence-electron chi connectivity index (χ4n) is 2.06. The number of ether oxygens (including phenoxy) is 2. The Kier molecular flexibility index (Phi) is 3.79. The highest BCUT2D eigenvalue weighted by Crippen LogP contribution is 2.37. The quantitative estimate of drug-likeness (QED) is 0.815. The average Bonchev–Trinajstić information content (AvgIpc) is 2.44. The summed E-state index contributed by atoms with van der Waals surface area (Å²) in [4.78, 5) is 8.25.